The molecule has 0 amide bonds. The molecule has 2 aromatic carbocycles. The molecular formula is C18H15N3O2. The Morgan fingerprint density at radius 2 is 1.74 bits per heavy atom. The van der Waals surface area contributed by atoms with Crippen LogP contribution in [0.5, 0.6) is 0 Å². The average Bonchev–Trinajstić information content (AvgIpc) is 3.05. The fourth-order valence-electron chi connectivity index (χ4n) is 2.90. The Morgan fingerprint density at radius 1 is 1.04 bits per heavy atom. The first-order valence-electron chi connectivity index (χ1n) is 7.37. The Morgan fingerprint density at radius 3 is 2.48 bits per heavy atom. The zero-order valence-corrected chi connectivity index (χ0v) is 12.6. The number of benzene rings is 2. The highest BCUT2D eigenvalue weighted by molar-refractivity contribution is 5.87. The maximum Gasteiger partial charge on any atom is 0.358 e. The SMILES string of the molecule is COC(=O)c1cc2n(n1)-c1ccccc1N(c1ccccc1)C2. The summed E-state index contributed by atoms with van der Waals surface area (Å²) in [4.78, 5) is 14.0. The fraction of sp³-hybridized carbons (Fsp3) is 0.111. The molecule has 0 spiro atoms. The van der Waals surface area contributed by atoms with Gasteiger partial charge in [0.05, 0.1) is 30.7 Å². The molecule has 4 rings (SSSR count). The van der Waals surface area contributed by atoms with Gasteiger partial charge >= 0.3 is 5.97 Å². The highest BCUT2D eigenvalue weighted by Gasteiger charge is 2.26. The fourth-order valence-corrected chi connectivity index (χ4v) is 2.90. The molecule has 0 bridgehead atoms. The van der Waals surface area contributed by atoms with Crippen LogP contribution in [0.3, 0.4) is 0 Å². The average molecular weight is 305 g/mol. The van der Waals surface area contributed by atoms with Gasteiger partial charge in [-0.3, -0.25) is 0 Å². The van der Waals surface area contributed by atoms with Crippen LogP contribution in [0.25, 0.3) is 5.69 Å². The van der Waals surface area contributed by atoms with Gasteiger partial charge in [0.25, 0.3) is 0 Å². The van der Waals surface area contributed by atoms with E-state index in [1.165, 1.54) is 7.11 Å². The summed E-state index contributed by atoms with van der Waals surface area (Å²) in [5.41, 5.74) is 4.39. The van der Waals surface area contributed by atoms with E-state index in [4.69, 9.17) is 4.74 Å². The predicted molar refractivity (Wildman–Crippen MR) is 87.2 cm³/mol. The minimum Gasteiger partial charge on any atom is -0.464 e. The number of hydrogen-bond acceptors (Lipinski definition) is 4. The van der Waals surface area contributed by atoms with Crippen molar-refractivity contribution in [3.8, 4) is 5.69 Å². The van der Waals surface area contributed by atoms with Crippen LogP contribution < -0.4 is 4.90 Å². The van der Waals surface area contributed by atoms with Gasteiger partial charge in [-0.1, -0.05) is 30.3 Å². The number of carbonyl (C=O) groups is 1. The van der Waals surface area contributed by atoms with Gasteiger partial charge < -0.3 is 9.64 Å². The molecule has 1 aliphatic heterocycles. The van der Waals surface area contributed by atoms with Crippen molar-refractivity contribution in [1.29, 1.82) is 0 Å². The summed E-state index contributed by atoms with van der Waals surface area (Å²) in [7, 11) is 1.37. The van der Waals surface area contributed by atoms with Crippen LogP contribution in [0.2, 0.25) is 0 Å². The normalized spacial score (nSPS) is 12.5. The molecule has 0 unspecified atom stereocenters. The smallest absolute Gasteiger partial charge is 0.358 e. The number of anilines is 2. The van der Waals surface area contributed by atoms with Crippen molar-refractivity contribution in [3.05, 3.63) is 72.1 Å². The zero-order valence-electron chi connectivity index (χ0n) is 12.6. The third-order valence-corrected chi connectivity index (χ3v) is 3.97. The van der Waals surface area contributed by atoms with Crippen molar-refractivity contribution in [1.82, 2.24) is 9.78 Å². The molecule has 114 valence electrons. The molecule has 0 atom stereocenters. The van der Waals surface area contributed by atoms with Crippen molar-refractivity contribution in [2.45, 2.75) is 6.54 Å². The van der Waals surface area contributed by atoms with Gasteiger partial charge in [-0.05, 0) is 30.3 Å². The standard InChI is InChI=1S/C18H15N3O2/c1-23-18(22)15-11-14-12-20(13-7-3-2-4-8-13)16-9-5-6-10-17(16)21(14)19-15/h2-11H,12H2,1H3. The Bertz CT molecular complexity index is 871. The molecule has 0 saturated carbocycles. The lowest BCUT2D eigenvalue weighted by Gasteiger charge is -2.31. The minimum atomic E-state index is -0.421. The van der Waals surface area contributed by atoms with Gasteiger partial charge in [-0.15, -0.1) is 0 Å². The molecular weight excluding hydrogens is 290 g/mol. The van der Waals surface area contributed by atoms with Gasteiger partial charge in [-0.25, -0.2) is 9.48 Å². The highest BCUT2D eigenvalue weighted by Crippen LogP contribution is 2.36. The maximum atomic E-state index is 11.8. The quantitative estimate of drug-likeness (QED) is 0.682. The lowest BCUT2D eigenvalue weighted by Crippen LogP contribution is -2.25. The molecule has 2 heterocycles. The molecule has 0 fully saturated rings. The summed E-state index contributed by atoms with van der Waals surface area (Å²) in [6.45, 7) is 0.644. The summed E-state index contributed by atoms with van der Waals surface area (Å²) >= 11 is 0. The summed E-state index contributed by atoms with van der Waals surface area (Å²) < 4.78 is 6.61. The largest absolute Gasteiger partial charge is 0.464 e. The number of nitrogens with zero attached hydrogens (tertiary/aromatic N) is 3. The summed E-state index contributed by atoms with van der Waals surface area (Å²) in [6, 6.07) is 20.0. The number of ether oxygens (including phenoxy) is 1. The summed E-state index contributed by atoms with van der Waals surface area (Å²) in [6.07, 6.45) is 0. The first-order valence-corrected chi connectivity index (χ1v) is 7.37. The van der Waals surface area contributed by atoms with E-state index < -0.39 is 5.97 Å². The lowest BCUT2D eigenvalue weighted by atomic mass is 10.1. The van der Waals surface area contributed by atoms with Crippen molar-refractivity contribution in [2.24, 2.45) is 0 Å². The van der Waals surface area contributed by atoms with Crippen LogP contribution in [-0.4, -0.2) is 22.9 Å². The Kier molecular flexibility index (Phi) is 3.12. The third kappa shape index (κ3) is 2.17. The number of rotatable bonds is 2. The topological polar surface area (TPSA) is 47.4 Å². The van der Waals surface area contributed by atoms with E-state index in [0.717, 1.165) is 22.8 Å². The van der Waals surface area contributed by atoms with Crippen LogP contribution in [0, 0.1) is 0 Å². The summed E-state index contributed by atoms with van der Waals surface area (Å²) in [5.74, 6) is -0.421. The molecule has 1 aliphatic rings. The molecule has 0 N–H and O–H groups in total. The number of methoxy groups -OCH3 is 1. The van der Waals surface area contributed by atoms with Crippen molar-refractivity contribution >= 4 is 17.3 Å². The van der Waals surface area contributed by atoms with Gasteiger partial charge in [0.15, 0.2) is 5.69 Å². The highest BCUT2D eigenvalue weighted by atomic mass is 16.5. The lowest BCUT2D eigenvalue weighted by molar-refractivity contribution is 0.0593. The van der Waals surface area contributed by atoms with Gasteiger partial charge in [0.1, 0.15) is 0 Å². The van der Waals surface area contributed by atoms with E-state index in [2.05, 4.69) is 28.2 Å². The van der Waals surface area contributed by atoms with Crippen molar-refractivity contribution in [2.75, 3.05) is 12.0 Å². The molecule has 0 aliphatic carbocycles. The molecule has 0 radical (unpaired) electrons. The molecule has 23 heavy (non-hydrogen) atoms. The van der Waals surface area contributed by atoms with Crippen molar-refractivity contribution < 1.29 is 9.53 Å². The molecule has 3 aromatic rings. The minimum absolute atomic E-state index is 0.326. The van der Waals surface area contributed by atoms with E-state index in [9.17, 15) is 4.79 Å². The van der Waals surface area contributed by atoms with Crippen LogP contribution in [0.1, 0.15) is 16.2 Å². The van der Waals surface area contributed by atoms with Crippen LogP contribution in [0.15, 0.2) is 60.7 Å². The Hall–Kier alpha value is -3.08. The molecule has 5 heteroatoms. The molecule has 1 aromatic heterocycles. The second-order valence-corrected chi connectivity index (χ2v) is 5.33. The monoisotopic (exact) mass is 305 g/mol. The number of aromatic nitrogens is 2. The van der Waals surface area contributed by atoms with Gasteiger partial charge in [-0.2, -0.15) is 5.10 Å². The van der Waals surface area contributed by atoms with E-state index in [-0.39, 0.29) is 0 Å². The second kappa shape index (κ2) is 5.28. The van der Waals surface area contributed by atoms with Crippen LogP contribution in [0.4, 0.5) is 11.4 Å². The molecule has 5 nitrogen and oxygen atoms in total. The Labute approximate surface area is 133 Å². The maximum absolute atomic E-state index is 11.8. The van der Waals surface area contributed by atoms with E-state index in [0.29, 0.717) is 12.2 Å². The number of fused-ring (bicyclic) bond motifs is 3. The van der Waals surface area contributed by atoms with Crippen LogP contribution >= 0.6 is 0 Å². The first-order chi connectivity index (χ1) is 11.3. The first kappa shape index (κ1) is 13.6. The third-order valence-electron chi connectivity index (χ3n) is 3.97. The van der Waals surface area contributed by atoms with Gasteiger partial charge in [0, 0.05) is 5.69 Å². The predicted octanol–water partition coefficient (Wildman–Crippen LogP) is 3.31. The molecule has 0 saturated heterocycles. The number of para-hydroxylation sites is 3. The van der Waals surface area contributed by atoms with Crippen LogP contribution in [-0.2, 0) is 11.3 Å². The van der Waals surface area contributed by atoms with E-state index in [1.54, 1.807) is 6.07 Å². The zero-order chi connectivity index (χ0) is 15.8. The van der Waals surface area contributed by atoms with Crippen molar-refractivity contribution in [3.63, 3.8) is 0 Å². The number of hydrogen-bond donors (Lipinski definition) is 0. The second-order valence-electron chi connectivity index (χ2n) is 5.33. The van der Waals surface area contributed by atoms with Gasteiger partial charge in [0.2, 0.25) is 0 Å². The Balaban J connectivity index is 1.87. The van der Waals surface area contributed by atoms with E-state index in [1.807, 2.05) is 41.1 Å². The summed E-state index contributed by atoms with van der Waals surface area (Å²) in [5, 5.41) is 4.41. The van der Waals surface area contributed by atoms with E-state index >= 15 is 0 Å². The number of esters is 1. The number of carbonyl (C=O) groups excluding carboxylic acids is 1.